The minimum Gasteiger partial charge on any atom is -0.497 e. The first-order valence-electron chi connectivity index (χ1n) is 10.7. The number of aromatic amines is 1. The Balaban J connectivity index is 1.59. The Hall–Kier alpha value is -3.77. The Kier molecular flexibility index (Phi) is 6.00. The van der Waals surface area contributed by atoms with E-state index in [1.54, 1.807) is 23.4 Å². The monoisotopic (exact) mass is 453 g/mol. The minimum absolute atomic E-state index is 0.0754. The van der Waals surface area contributed by atoms with E-state index in [0.717, 1.165) is 28.2 Å². The van der Waals surface area contributed by atoms with Crippen LogP contribution in [0.3, 0.4) is 0 Å². The Labute approximate surface area is 196 Å². The zero-order chi connectivity index (χ0) is 22.6. The third kappa shape index (κ3) is 4.43. The quantitative estimate of drug-likeness (QED) is 0.252. The highest BCUT2D eigenvalue weighted by Gasteiger charge is 2.17. The number of aromatic nitrogens is 3. The van der Waals surface area contributed by atoms with Crippen LogP contribution in [0.2, 0.25) is 0 Å². The number of fused-ring (bicyclic) bond motifs is 1. The van der Waals surface area contributed by atoms with Gasteiger partial charge in [-0.05, 0) is 28.8 Å². The molecule has 0 saturated heterocycles. The zero-order valence-corrected chi connectivity index (χ0v) is 19.0. The van der Waals surface area contributed by atoms with Crippen molar-refractivity contribution >= 4 is 22.8 Å². The molecule has 0 unspecified atom stereocenters. The molecule has 0 saturated carbocycles. The van der Waals surface area contributed by atoms with Gasteiger partial charge in [0.1, 0.15) is 16.8 Å². The van der Waals surface area contributed by atoms with Crippen LogP contribution in [-0.4, -0.2) is 21.6 Å². The van der Waals surface area contributed by atoms with Crippen molar-refractivity contribution < 1.29 is 4.74 Å². The van der Waals surface area contributed by atoms with Gasteiger partial charge in [0.05, 0.1) is 13.7 Å². The van der Waals surface area contributed by atoms with E-state index in [-0.39, 0.29) is 5.56 Å². The van der Waals surface area contributed by atoms with Crippen LogP contribution in [0.4, 0.5) is 0 Å². The third-order valence-corrected chi connectivity index (χ3v) is 6.59. The van der Waals surface area contributed by atoms with E-state index in [1.165, 1.54) is 5.56 Å². The third-order valence-electron chi connectivity index (χ3n) is 5.55. The van der Waals surface area contributed by atoms with E-state index in [9.17, 15) is 4.79 Å². The molecule has 164 valence electrons. The summed E-state index contributed by atoms with van der Waals surface area (Å²) in [5.41, 5.74) is 5.30. The summed E-state index contributed by atoms with van der Waals surface area (Å²) in [6.07, 6.45) is 1.87. The largest absolute Gasteiger partial charge is 0.497 e. The Bertz CT molecular complexity index is 1430. The second-order valence-corrected chi connectivity index (χ2v) is 8.64. The van der Waals surface area contributed by atoms with E-state index in [0.29, 0.717) is 22.7 Å². The van der Waals surface area contributed by atoms with Gasteiger partial charge in [0.25, 0.3) is 5.56 Å². The fraction of sp³-hybridized carbons (Fsp3) is 0.111. The lowest BCUT2D eigenvalue weighted by Gasteiger charge is -2.13. The first kappa shape index (κ1) is 21.1. The average molecular weight is 454 g/mol. The van der Waals surface area contributed by atoms with Gasteiger partial charge in [0.2, 0.25) is 0 Å². The summed E-state index contributed by atoms with van der Waals surface area (Å²) in [4.78, 5) is 21.7. The topological polar surface area (TPSA) is 59.9 Å². The second kappa shape index (κ2) is 9.38. The van der Waals surface area contributed by atoms with Gasteiger partial charge in [-0.25, -0.2) is 4.98 Å². The molecule has 33 heavy (non-hydrogen) atoms. The van der Waals surface area contributed by atoms with E-state index in [1.807, 2.05) is 79.0 Å². The Morgan fingerprint density at radius 3 is 2.30 bits per heavy atom. The smallest absolute Gasteiger partial charge is 0.278 e. The van der Waals surface area contributed by atoms with Gasteiger partial charge in [-0.3, -0.25) is 9.36 Å². The molecular weight excluding hydrogens is 430 g/mol. The van der Waals surface area contributed by atoms with Gasteiger partial charge in [-0.2, -0.15) is 0 Å². The molecule has 0 radical (unpaired) electrons. The van der Waals surface area contributed by atoms with Gasteiger partial charge in [-0.15, -0.1) is 0 Å². The summed E-state index contributed by atoms with van der Waals surface area (Å²) >= 11 is 1.58. The minimum atomic E-state index is -0.0754. The number of H-pyrrole nitrogens is 1. The van der Waals surface area contributed by atoms with Gasteiger partial charge in [0, 0.05) is 17.5 Å². The lowest BCUT2D eigenvalue weighted by molar-refractivity contribution is 0.414. The van der Waals surface area contributed by atoms with Gasteiger partial charge < -0.3 is 9.72 Å². The van der Waals surface area contributed by atoms with Crippen molar-refractivity contribution in [2.75, 3.05) is 7.11 Å². The second-order valence-electron chi connectivity index (χ2n) is 7.70. The summed E-state index contributed by atoms with van der Waals surface area (Å²) in [5.74, 6) is 1.52. The van der Waals surface area contributed by atoms with E-state index in [2.05, 4.69) is 17.1 Å². The number of ether oxygens (including phenoxy) is 1. The standard InChI is InChI=1S/C27H23N3O2S/c1-32-22-14-12-19(13-15-22)17-30-26(31)25-24(23(16-28-25)21-10-6-3-7-11-21)29-27(30)33-18-20-8-4-2-5-9-20/h2-16,28H,17-18H2,1H3. The zero-order valence-electron chi connectivity index (χ0n) is 18.2. The first-order valence-corrected chi connectivity index (χ1v) is 11.7. The number of thioether (sulfide) groups is 1. The van der Waals surface area contributed by atoms with E-state index in [4.69, 9.17) is 9.72 Å². The van der Waals surface area contributed by atoms with E-state index < -0.39 is 0 Å². The maximum Gasteiger partial charge on any atom is 0.278 e. The average Bonchev–Trinajstić information content (AvgIpc) is 3.30. The molecule has 0 bridgehead atoms. The lowest BCUT2D eigenvalue weighted by Crippen LogP contribution is -2.24. The number of nitrogens with one attached hydrogen (secondary N) is 1. The maximum atomic E-state index is 13.6. The van der Waals surface area contributed by atoms with Crippen LogP contribution in [0.1, 0.15) is 11.1 Å². The number of hydrogen-bond donors (Lipinski definition) is 1. The molecule has 0 aliphatic carbocycles. The summed E-state index contributed by atoms with van der Waals surface area (Å²) in [6, 6.07) is 28.0. The molecule has 1 N–H and O–H groups in total. The molecule has 0 aliphatic heterocycles. The highest BCUT2D eigenvalue weighted by molar-refractivity contribution is 7.98. The predicted molar refractivity (Wildman–Crippen MR) is 134 cm³/mol. The molecule has 0 spiro atoms. The molecule has 0 aliphatic rings. The summed E-state index contributed by atoms with van der Waals surface area (Å²) in [7, 11) is 1.64. The molecule has 0 fully saturated rings. The molecule has 5 aromatic rings. The fourth-order valence-electron chi connectivity index (χ4n) is 3.80. The Morgan fingerprint density at radius 2 is 1.61 bits per heavy atom. The summed E-state index contributed by atoms with van der Waals surface area (Å²) in [5, 5.41) is 0.698. The van der Waals surface area contributed by atoms with Crippen molar-refractivity contribution in [3.8, 4) is 16.9 Å². The molecule has 5 rings (SSSR count). The predicted octanol–water partition coefficient (Wildman–Crippen LogP) is 5.74. The van der Waals surface area contributed by atoms with Crippen LogP contribution in [0, 0.1) is 0 Å². The van der Waals surface area contributed by atoms with Crippen molar-refractivity contribution in [3.63, 3.8) is 0 Å². The summed E-state index contributed by atoms with van der Waals surface area (Å²) < 4.78 is 7.02. The van der Waals surface area contributed by atoms with Crippen LogP contribution >= 0.6 is 11.8 Å². The van der Waals surface area contributed by atoms with Crippen LogP contribution in [0.5, 0.6) is 5.75 Å². The van der Waals surface area contributed by atoms with Gasteiger partial charge in [-0.1, -0.05) is 84.6 Å². The molecule has 5 nitrogen and oxygen atoms in total. The molecule has 0 amide bonds. The Morgan fingerprint density at radius 1 is 0.909 bits per heavy atom. The summed E-state index contributed by atoms with van der Waals surface area (Å²) in [6.45, 7) is 0.433. The molecule has 2 aromatic heterocycles. The molecule has 2 heterocycles. The number of hydrogen-bond acceptors (Lipinski definition) is 4. The number of methoxy groups -OCH3 is 1. The van der Waals surface area contributed by atoms with Crippen LogP contribution in [0.25, 0.3) is 22.2 Å². The number of rotatable bonds is 7. The highest BCUT2D eigenvalue weighted by atomic mass is 32.2. The van der Waals surface area contributed by atoms with Crippen molar-refractivity contribution in [3.05, 3.63) is 113 Å². The molecule has 3 aromatic carbocycles. The van der Waals surface area contributed by atoms with Crippen LogP contribution in [0.15, 0.2) is 101 Å². The molecule has 0 atom stereocenters. The maximum absolute atomic E-state index is 13.6. The van der Waals surface area contributed by atoms with Gasteiger partial charge in [0.15, 0.2) is 5.16 Å². The normalized spacial score (nSPS) is 11.1. The van der Waals surface area contributed by atoms with Crippen molar-refractivity contribution in [2.45, 2.75) is 17.5 Å². The van der Waals surface area contributed by atoms with Crippen molar-refractivity contribution in [1.29, 1.82) is 0 Å². The first-order chi connectivity index (χ1) is 16.2. The molecular formula is C27H23N3O2S. The fourth-order valence-corrected chi connectivity index (χ4v) is 4.74. The molecule has 6 heteroatoms. The number of benzene rings is 3. The number of nitrogens with zero attached hydrogens (tertiary/aromatic N) is 2. The lowest BCUT2D eigenvalue weighted by atomic mass is 10.1. The van der Waals surface area contributed by atoms with Crippen molar-refractivity contribution in [2.24, 2.45) is 0 Å². The highest BCUT2D eigenvalue weighted by Crippen LogP contribution is 2.29. The van der Waals surface area contributed by atoms with Crippen molar-refractivity contribution in [1.82, 2.24) is 14.5 Å². The van der Waals surface area contributed by atoms with E-state index >= 15 is 0 Å². The SMILES string of the molecule is COc1ccc(Cn2c(SCc3ccccc3)nc3c(-c4ccccc4)c[nH]c3c2=O)cc1. The van der Waals surface area contributed by atoms with Crippen LogP contribution < -0.4 is 10.3 Å². The van der Waals surface area contributed by atoms with Crippen LogP contribution in [-0.2, 0) is 12.3 Å². The van der Waals surface area contributed by atoms with Gasteiger partial charge >= 0.3 is 0 Å².